The molecule has 0 radical (unpaired) electrons. The third kappa shape index (κ3) is 4.55. The maximum absolute atomic E-state index is 12.4. The van der Waals surface area contributed by atoms with Gasteiger partial charge in [0.15, 0.2) is 0 Å². The summed E-state index contributed by atoms with van der Waals surface area (Å²) in [5, 5.41) is 8.68. The van der Waals surface area contributed by atoms with Gasteiger partial charge in [-0.05, 0) is 38.0 Å². The van der Waals surface area contributed by atoms with Gasteiger partial charge in [-0.3, -0.25) is 0 Å². The zero-order valence-electron chi connectivity index (χ0n) is 11.9. The first-order chi connectivity index (χ1) is 10.0. The predicted octanol–water partition coefficient (Wildman–Crippen LogP) is 0.876. The Morgan fingerprint density at radius 1 is 1.48 bits per heavy atom. The van der Waals surface area contributed by atoms with Crippen LogP contribution in [0.5, 0.6) is 0 Å². The van der Waals surface area contributed by atoms with Gasteiger partial charge in [-0.15, -0.1) is 0 Å². The molecule has 1 heterocycles. The van der Waals surface area contributed by atoms with Crippen LogP contribution in [0.4, 0.5) is 0 Å². The number of sulfonamides is 1. The van der Waals surface area contributed by atoms with Crippen molar-refractivity contribution in [2.24, 2.45) is 0 Å². The molecule has 0 aromatic heterocycles. The summed E-state index contributed by atoms with van der Waals surface area (Å²) >= 11 is 0. The Balaban J connectivity index is 2.15. The van der Waals surface area contributed by atoms with Crippen molar-refractivity contribution in [3.8, 4) is 11.8 Å². The Kier molecular flexibility index (Phi) is 5.37. The first kappa shape index (κ1) is 16.0. The van der Waals surface area contributed by atoms with Crippen LogP contribution in [0, 0.1) is 11.8 Å². The smallest absolute Gasteiger partial charge is 0.240 e. The number of ether oxygens (including phenoxy) is 1. The van der Waals surface area contributed by atoms with E-state index in [0.717, 1.165) is 0 Å². The first-order valence-corrected chi connectivity index (χ1v) is 8.33. The van der Waals surface area contributed by atoms with Crippen molar-refractivity contribution in [2.45, 2.75) is 36.8 Å². The summed E-state index contributed by atoms with van der Waals surface area (Å²) in [6.07, 6.45) is 1.41. The topological polar surface area (TPSA) is 75.6 Å². The van der Waals surface area contributed by atoms with Gasteiger partial charge in [-0.25, -0.2) is 13.1 Å². The van der Waals surface area contributed by atoms with Crippen LogP contribution >= 0.6 is 0 Å². The van der Waals surface area contributed by atoms with E-state index >= 15 is 0 Å². The zero-order chi connectivity index (χ0) is 15.3. The van der Waals surface area contributed by atoms with E-state index in [1.165, 1.54) is 12.1 Å². The van der Waals surface area contributed by atoms with Crippen LogP contribution in [0.25, 0.3) is 0 Å². The van der Waals surface area contributed by atoms with Gasteiger partial charge in [0.2, 0.25) is 10.0 Å². The van der Waals surface area contributed by atoms with Crippen molar-refractivity contribution in [1.29, 1.82) is 0 Å². The molecule has 1 aromatic carbocycles. The normalized spacial score (nSPS) is 22.4. The highest BCUT2D eigenvalue weighted by Gasteiger charge is 2.25. The van der Waals surface area contributed by atoms with Crippen LogP contribution in [0.2, 0.25) is 0 Å². The van der Waals surface area contributed by atoms with Gasteiger partial charge in [-0.1, -0.05) is 17.9 Å². The van der Waals surface area contributed by atoms with Crippen LogP contribution in [0.3, 0.4) is 0 Å². The summed E-state index contributed by atoms with van der Waals surface area (Å²) in [7, 11) is -3.57. The molecular weight excluding hydrogens is 290 g/mol. The molecule has 5 nitrogen and oxygen atoms in total. The molecule has 0 bridgehead atoms. The summed E-state index contributed by atoms with van der Waals surface area (Å²) in [5.41, 5.74) is 0.562. The number of nitrogens with one attached hydrogen (secondary N) is 1. The van der Waals surface area contributed by atoms with E-state index in [0.29, 0.717) is 25.0 Å². The van der Waals surface area contributed by atoms with Crippen LogP contribution in [-0.2, 0) is 14.8 Å². The molecule has 114 valence electrons. The minimum absolute atomic E-state index is 0.0632. The highest BCUT2D eigenvalue weighted by atomic mass is 32.2. The average molecular weight is 309 g/mol. The largest absolute Gasteiger partial charge is 0.384 e. The molecule has 0 amide bonds. The van der Waals surface area contributed by atoms with Crippen LogP contribution in [0.1, 0.15) is 25.3 Å². The molecule has 1 saturated heterocycles. The minimum Gasteiger partial charge on any atom is -0.384 e. The van der Waals surface area contributed by atoms with Crippen molar-refractivity contribution in [3.05, 3.63) is 29.8 Å². The summed E-state index contributed by atoms with van der Waals surface area (Å²) in [4.78, 5) is 0.186. The second kappa shape index (κ2) is 7.05. The molecule has 2 rings (SSSR count). The maximum Gasteiger partial charge on any atom is 0.240 e. The lowest BCUT2D eigenvalue weighted by molar-refractivity contribution is 0.0173. The van der Waals surface area contributed by atoms with Gasteiger partial charge in [0.05, 0.1) is 11.0 Å². The standard InChI is InChI=1S/C15H19NO4S/c1-12-10-14(7-9-20-12)16-21(18,19)15-6-2-4-13(11-15)5-3-8-17/h2,4,6,11-12,14,16-17H,7-10H2,1H3. The first-order valence-electron chi connectivity index (χ1n) is 6.85. The molecule has 6 heteroatoms. The SMILES string of the molecule is CC1CC(NS(=O)(=O)c2cccc(C#CCO)c2)CCO1. The number of hydrogen-bond donors (Lipinski definition) is 2. The number of aliphatic hydroxyl groups is 1. The average Bonchev–Trinajstić information content (AvgIpc) is 2.45. The van der Waals surface area contributed by atoms with E-state index < -0.39 is 10.0 Å². The number of benzene rings is 1. The number of aliphatic hydroxyl groups excluding tert-OH is 1. The molecule has 1 fully saturated rings. The molecular formula is C15H19NO4S. The summed E-state index contributed by atoms with van der Waals surface area (Å²) in [6.45, 7) is 2.25. The fraction of sp³-hybridized carbons (Fsp3) is 0.467. The predicted molar refractivity (Wildman–Crippen MR) is 79.2 cm³/mol. The molecule has 0 saturated carbocycles. The van der Waals surface area contributed by atoms with Gasteiger partial charge in [0.1, 0.15) is 6.61 Å². The summed E-state index contributed by atoms with van der Waals surface area (Å²) in [6, 6.07) is 6.29. The molecule has 2 atom stereocenters. The Labute approximate surface area is 125 Å². The van der Waals surface area contributed by atoms with Crippen LogP contribution in [-0.4, -0.2) is 38.9 Å². The Morgan fingerprint density at radius 2 is 2.29 bits per heavy atom. The quantitative estimate of drug-likeness (QED) is 0.813. The van der Waals surface area contributed by atoms with Gasteiger partial charge >= 0.3 is 0 Å². The monoisotopic (exact) mass is 309 g/mol. The van der Waals surface area contributed by atoms with Gasteiger partial charge in [-0.2, -0.15) is 0 Å². The lowest BCUT2D eigenvalue weighted by Gasteiger charge is -2.27. The molecule has 1 aliphatic rings. The molecule has 1 aliphatic heterocycles. The maximum atomic E-state index is 12.4. The van der Waals surface area contributed by atoms with Crippen molar-refractivity contribution in [1.82, 2.24) is 4.72 Å². The van der Waals surface area contributed by atoms with E-state index in [1.54, 1.807) is 12.1 Å². The lowest BCUT2D eigenvalue weighted by Crippen LogP contribution is -2.41. The van der Waals surface area contributed by atoms with Crippen molar-refractivity contribution in [2.75, 3.05) is 13.2 Å². The zero-order valence-corrected chi connectivity index (χ0v) is 12.7. The molecule has 2 unspecified atom stereocenters. The van der Waals surface area contributed by atoms with E-state index in [9.17, 15) is 8.42 Å². The molecule has 21 heavy (non-hydrogen) atoms. The van der Waals surface area contributed by atoms with Crippen LogP contribution < -0.4 is 4.72 Å². The van der Waals surface area contributed by atoms with Gasteiger partial charge in [0.25, 0.3) is 0 Å². The van der Waals surface area contributed by atoms with Crippen LogP contribution in [0.15, 0.2) is 29.2 Å². The molecule has 1 aromatic rings. The third-order valence-electron chi connectivity index (χ3n) is 3.26. The molecule has 0 aliphatic carbocycles. The molecule has 2 N–H and O–H groups in total. The minimum atomic E-state index is -3.57. The third-order valence-corrected chi connectivity index (χ3v) is 4.78. The van der Waals surface area contributed by atoms with E-state index in [4.69, 9.17) is 9.84 Å². The van der Waals surface area contributed by atoms with Gasteiger partial charge in [0, 0.05) is 18.2 Å². The molecule has 0 spiro atoms. The lowest BCUT2D eigenvalue weighted by atomic mass is 10.1. The summed E-state index contributed by atoms with van der Waals surface area (Å²) in [5.74, 6) is 5.21. The van der Waals surface area contributed by atoms with E-state index in [-0.39, 0.29) is 23.6 Å². The summed E-state index contributed by atoms with van der Waals surface area (Å²) < 4.78 is 32.9. The Morgan fingerprint density at radius 3 is 3.00 bits per heavy atom. The second-order valence-electron chi connectivity index (χ2n) is 5.01. The fourth-order valence-corrected chi connectivity index (χ4v) is 3.60. The van der Waals surface area contributed by atoms with E-state index in [1.807, 2.05) is 6.92 Å². The van der Waals surface area contributed by atoms with Crippen molar-refractivity contribution >= 4 is 10.0 Å². The highest BCUT2D eigenvalue weighted by Crippen LogP contribution is 2.17. The van der Waals surface area contributed by atoms with Crippen molar-refractivity contribution in [3.63, 3.8) is 0 Å². The van der Waals surface area contributed by atoms with Gasteiger partial charge < -0.3 is 9.84 Å². The number of hydrogen-bond acceptors (Lipinski definition) is 4. The highest BCUT2D eigenvalue weighted by molar-refractivity contribution is 7.89. The second-order valence-corrected chi connectivity index (χ2v) is 6.73. The van der Waals surface area contributed by atoms with Crippen molar-refractivity contribution < 1.29 is 18.3 Å². The van der Waals surface area contributed by atoms with E-state index in [2.05, 4.69) is 16.6 Å². The number of rotatable bonds is 3. The Bertz CT molecular complexity index is 645. The fourth-order valence-electron chi connectivity index (χ4n) is 2.28. The Hall–Kier alpha value is -1.39.